The average molecular weight is 584 g/mol. The van der Waals surface area contributed by atoms with Crippen molar-refractivity contribution in [3.8, 4) is 5.69 Å². The van der Waals surface area contributed by atoms with E-state index in [2.05, 4.69) is 30.5 Å². The molecule has 0 bridgehead atoms. The molecule has 0 atom stereocenters. The summed E-state index contributed by atoms with van der Waals surface area (Å²) in [5.74, 6) is -1.05. The van der Waals surface area contributed by atoms with E-state index in [-0.39, 0.29) is 34.3 Å². The van der Waals surface area contributed by atoms with Crippen LogP contribution in [0.4, 0.5) is 0 Å². The van der Waals surface area contributed by atoms with Crippen molar-refractivity contribution in [1.29, 1.82) is 0 Å². The first-order chi connectivity index (χ1) is 21.8. The van der Waals surface area contributed by atoms with Gasteiger partial charge in [-0.05, 0) is 60.4 Å². The summed E-state index contributed by atoms with van der Waals surface area (Å²) in [6, 6.07) is 31.9. The lowest BCUT2D eigenvalue weighted by atomic mass is 10.0. The summed E-state index contributed by atoms with van der Waals surface area (Å²) in [5, 5.41) is 2.00. The molecule has 2 aliphatic carbocycles. The second-order valence-electron chi connectivity index (χ2n) is 11.7. The van der Waals surface area contributed by atoms with Gasteiger partial charge in [-0.2, -0.15) is 0 Å². The third-order valence-electron chi connectivity index (χ3n) is 8.91. The second kappa shape index (κ2) is 9.79. The summed E-state index contributed by atoms with van der Waals surface area (Å²) in [6.07, 6.45) is 3.36. The van der Waals surface area contributed by atoms with Crippen molar-refractivity contribution in [3.05, 3.63) is 159 Å². The van der Waals surface area contributed by atoms with Crippen molar-refractivity contribution >= 4 is 57.1 Å². The molecule has 2 aliphatic rings. The molecule has 1 heterocycles. The lowest BCUT2D eigenvalue weighted by molar-refractivity contribution is 0.0975. The van der Waals surface area contributed by atoms with Crippen LogP contribution in [-0.2, 0) is 0 Å². The number of hydrogen-bond acceptors (Lipinski definition) is 4. The van der Waals surface area contributed by atoms with Crippen LogP contribution >= 0.6 is 0 Å². The smallest absolute Gasteiger partial charge is 0.197 e. The minimum absolute atomic E-state index is 0.158. The van der Waals surface area contributed by atoms with E-state index in [0.29, 0.717) is 22.3 Å². The van der Waals surface area contributed by atoms with Gasteiger partial charge >= 0.3 is 0 Å². The minimum Gasteiger partial charge on any atom is -0.309 e. The van der Waals surface area contributed by atoms with Gasteiger partial charge < -0.3 is 4.57 Å². The highest BCUT2D eigenvalue weighted by Crippen LogP contribution is 2.37. The molecular formula is C40H25NO4. The number of carbonyl (C=O) groups excluding carboxylic acids is 4. The molecular weight excluding hydrogens is 558 g/mol. The Morgan fingerprint density at radius 2 is 0.844 bits per heavy atom. The van der Waals surface area contributed by atoms with Crippen LogP contribution in [0.5, 0.6) is 0 Å². The van der Waals surface area contributed by atoms with E-state index in [1.54, 1.807) is 60.7 Å². The van der Waals surface area contributed by atoms with Gasteiger partial charge in [0.15, 0.2) is 23.1 Å². The van der Waals surface area contributed by atoms with E-state index < -0.39 is 0 Å². The molecule has 0 N–H and O–H groups in total. The Bertz CT molecular complexity index is 2180. The van der Waals surface area contributed by atoms with Crippen LogP contribution in [-0.4, -0.2) is 27.7 Å². The maximum Gasteiger partial charge on any atom is 0.197 e. The summed E-state index contributed by atoms with van der Waals surface area (Å²) in [4.78, 5) is 52.6. The molecule has 0 radical (unpaired) electrons. The molecule has 5 heteroatoms. The van der Waals surface area contributed by atoms with Crippen LogP contribution < -0.4 is 0 Å². The first-order valence-corrected chi connectivity index (χ1v) is 14.8. The first-order valence-electron chi connectivity index (χ1n) is 14.8. The third-order valence-corrected chi connectivity index (χ3v) is 8.91. The molecule has 1 aromatic heterocycles. The molecule has 0 saturated heterocycles. The molecule has 5 aromatic carbocycles. The van der Waals surface area contributed by atoms with Gasteiger partial charge in [-0.1, -0.05) is 91.0 Å². The van der Waals surface area contributed by atoms with Crippen LogP contribution in [0.25, 0.3) is 39.6 Å². The SMILES string of the molecule is Cc1cccc(C)c1-n1c2cc(C=C3C(=O)c4ccccc4C3=O)ccc2c2ccc(C=C3C(=O)c4ccccc4C3=O)cc21. The quantitative estimate of drug-likeness (QED) is 0.155. The topological polar surface area (TPSA) is 73.2 Å². The molecule has 0 saturated carbocycles. The Morgan fingerprint density at radius 3 is 1.22 bits per heavy atom. The molecule has 0 fully saturated rings. The van der Waals surface area contributed by atoms with Gasteiger partial charge in [0.25, 0.3) is 0 Å². The Morgan fingerprint density at radius 1 is 0.467 bits per heavy atom. The molecule has 0 spiro atoms. The summed E-state index contributed by atoms with van der Waals surface area (Å²) in [6.45, 7) is 4.13. The van der Waals surface area contributed by atoms with Crippen molar-refractivity contribution in [2.45, 2.75) is 13.8 Å². The molecule has 8 rings (SSSR count). The number of nitrogens with zero attached hydrogens (tertiary/aromatic N) is 1. The summed E-state index contributed by atoms with van der Waals surface area (Å²) in [7, 11) is 0. The van der Waals surface area contributed by atoms with Crippen LogP contribution in [0, 0.1) is 13.8 Å². The highest BCUT2D eigenvalue weighted by Gasteiger charge is 2.33. The number of aromatic nitrogens is 1. The van der Waals surface area contributed by atoms with Gasteiger partial charge in [-0.3, -0.25) is 19.2 Å². The monoisotopic (exact) mass is 583 g/mol. The zero-order valence-electron chi connectivity index (χ0n) is 24.5. The number of rotatable bonds is 3. The predicted molar refractivity (Wildman–Crippen MR) is 176 cm³/mol. The number of hydrogen-bond donors (Lipinski definition) is 0. The van der Waals surface area contributed by atoms with Crippen molar-refractivity contribution in [2.24, 2.45) is 0 Å². The maximum atomic E-state index is 13.1. The lowest BCUT2D eigenvalue weighted by Gasteiger charge is -2.15. The second-order valence-corrected chi connectivity index (χ2v) is 11.7. The van der Waals surface area contributed by atoms with Crippen molar-refractivity contribution in [1.82, 2.24) is 4.57 Å². The van der Waals surface area contributed by atoms with Crippen LogP contribution in [0.2, 0.25) is 0 Å². The third kappa shape index (κ3) is 3.94. The van der Waals surface area contributed by atoms with Crippen molar-refractivity contribution in [3.63, 3.8) is 0 Å². The first kappa shape index (κ1) is 26.7. The normalized spacial score (nSPS) is 14.1. The van der Waals surface area contributed by atoms with E-state index in [4.69, 9.17) is 0 Å². The number of carbonyl (C=O) groups is 4. The van der Waals surface area contributed by atoms with Gasteiger partial charge in [0.1, 0.15) is 0 Å². The average Bonchev–Trinajstić information content (AvgIpc) is 3.58. The van der Waals surface area contributed by atoms with Crippen molar-refractivity contribution in [2.75, 3.05) is 0 Å². The molecule has 0 amide bonds. The fourth-order valence-corrected chi connectivity index (χ4v) is 6.77. The van der Waals surface area contributed by atoms with Gasteiger partial charge in [-0.15, -0.1) is 0 Å². The zero-order valence-corrected chi connectivity index (χ0v) is 24.5. The highest BCUT2D eigenvalue weighted by atomic mass is 16.2. The fourth-order valence-electron chi connectivity index (χ4n) is 6.77. The van der Waals surface area contributed by atoms with Gasteiger partial charge in [0.05, 0.1) is 27.9 Å². The number of Topliss-reactive ketones (excluding diaryl/α,β-unsaturated/α-hetero) is 4. The summed E-state index contributed by atoms with van der Waals surface area (Å²) in [5.41, 5.74) is 8.54. The number of aryl methyl sites for hydroxylation is 2. The molecule has 0 aliphatic heterocycles. The Hall–Kier alpha value is -5.94. The fraction of sp³-hybridized carbons (Fsp3) is 0.0500. The lowest BCUT2D eigenvalue weighted by Crippen LogP contribution is -2.02. The van der Waals surface area contributed by atoms with E-state index in [0.717, 1.165) is 49.7 Å². The number of para-hydroxylation sites is 1. The highest BCUT2D eigenvalue weighted by molar-refractivity contribution is 6.42. The Labute approximate surface area is 258 Å². The van der Waals surface area contributed by atoms with Crippen LogP contribution in [0.3, 0.4) is 0 Å². The standard InChI is InChI=1S/C40H25NO4/c1-22-8-7-9-23(2)36(22)41-34-20-24(18-32-37(42)28-10-3-4-11-29(28)38(32)43)14-16-26(34)27-17-15-25(21-35(27)41)19-33-39(44)30-12-5-6-13-31(30)40(33)45/h3-21H,1-2H3. The molecule has 5 nitrogen and oxygen atoms in total. The van der Waals surface area contributed by atoms with E-state index in [1.807, 2.05) is 42.5 Å². The molecule has 214 valence electrons. The van der Waals surface area contributed by atoms with Crippen LogP contribution in [0.1, 0.15) is 63.7 Å². The van der Waals surface area contributed by atoms with Gasteiger partial charge in [-0.25, -0.2) is 0 Å². The minimum atomic E-state index is -0.262. The van der Waals surface area contributed by atoms with E-state index >= 15 is 0 Å². The predicted octanol–water partition coefficient (Wildman–Crippen LogP) is 8.33. The van der Waals surface area contributed by atoms with Gasteiger partial charge in [0.2, 0.25) is 0 Å². The molecule has 45 heavy (non-hydrogen) atoms. The van der Waals surface area contributed by atoms with Crippen molar-refractivity contribution < 1.29 is 19.2 Å². The molecule has 0 unspecified atom stereocenters. The van der Waals surface area contributed by atoms with Gasteiger partial charge in [0, 0.05) is 33.0 Å². The summed E-state index contributed by atoms with van der Waals surface area (Å²) < 4.78 is 2.19. The van der Waals surface area contributed by atoms with E-state index in [1.165, 1.54) is 0 Å². The number of ketones is 4. The Balaban J connectivity index is 1.33. The number of benzene rings is 5. The Kier molecular flexibility index (Phi) is 5.80. The summed E-state index contributed by atoms with van der Waals surface area (Å²) >= 11 is 0. The maximum absolute atomic E-state index is 13.1. The zero-order chi connectivity index (χ0) is 31.0. The largest absolute Gasteiger partial charge is 0.309 e. The molecule has 6 aromatic rings. The number of fused-ring (bicyclic) bond motifs is 5. The van der Waals surface area contributed by atoms with E-state index in [9.17, 15) is 19.2 Å². The number of allylic oxidation sites excluding steroid dienone is 2. The van der Waals surface area contributed by atoms with Crippen LogP contribution in [0.15, 0.2) is 114 Å².